The Hall–Kier alpha value is -2.19. The van der Waals surface area contributed by atoms with Crippen molar-refractivity contribution in [3.05, 3.63) is 44.7 Å². The van der Waals surface area contributed by atoms with E-state index in [4.69, 9.17) is 17.2 Å². The third kappa shape index (κ3) is 6.44. The molecule has 3 heterocycles. The molecular formula is C25H34N4O2S2. The largest absolute Gasteiger partial charge is 0.369 e. The molecule has 0 spiro atoms. The zero-order valence-electron chi connectivity index (χ0n) is 19.9. The quantitative estimate of drug-likeness (QED) is 0.233. The molecule has 1 aliphatic heterocycles. The summed E-state index contributed by atoms with van der Waals surface area (Å²) in [6.07, 6.45) is 12.3. The fraction of sp³-hybridized carbons (Fsp3) is 0.520. The van der Waals surface area contributed by atoms with Gasteiger partial charge in [0.15, 0.2) is 0 Å². The highest BCUT2D eigenvalue weighted by Crippen LogP contribution is 2.33. The van der Waals surface area contributed by atoms with Crippen LogP contribution in [-0.2, 0) is 4.79 Å². The molecule has 1 saturated heterocycles. The molecule has 2 aromatic heterocycles. The summed E-state index contributed by atoms with van der Waals surface area (Å²) in [5.74, 6) is 0.399. The number of amides is 1. The molecule has 178 valence electrons. The molecule has 1 aliphatic rings. The minimum absolute atomic E-state index is 0.119. The van der Waals surface area contributed by atoms with Gasteiger partial charge in [0.05, 0.1) is 10.5 Å². The van der Waals surface area contributed by atoms with Gasteiger partial charge < -0.3 is 5.32 Å². The lowest BCUT2D eigenvalue weighted by Crippen LogP contribution is -2.29. The van der Waals surface area contributed by atoms with E-state index in [-0.39, 0.29) is 11.5 Å². The first-order chi connectivity index (χ1) is 16.0. The van der Waals surface area contributed by atoms with E-state index in [9.17, 15) is 9.59 Å². The van der Waals surface area contributed by atoms with Gasteiger partial charge in [-0.15, -0.1) is 0 Å². The molecule has 0 bridgehead atoms. The minimum atomic E-state index is -0.188. The van der Waals surface area contributed by atoms with Crippen molar-refractivity contribution in [3.8, 4) is 0 Å². The number of nitrogens with zero attached hydrogens (tertiary/aromatic N) is 3. The van der Waals surface area contributed by atoms with E-state index in [2.05, 4.69) is 19.2 Å². The summed E-state index contributed by atoms with van der Waals surface area (Å²) in [5.41, 5.74) is 1.76. The van der Waals surface area contributed by atoms with Crippen LogP contribution in [0.5, 0.6) is 0 Å². The number of aryl methyl sites for hydroxylation is 1. The normalized spacial score (nSPS) is 15.2. The van der Waals surface area contributed by atoms with E-state index < -0.39 is 0 Å². The van der Waals surface area contributed by atoms with Gasteiger partial charge in [-0.05, 0) is 37.5 Å². The molecule has 2 aromatic rings. The second-order valence-electron chi connectivity index (χ2n) is 8.50. The fourth-order valence-corrected chi connectivity index (χ4v) is 5.09. The fourth-order valence-electron chi connectivity index (χ4n) is 3.80. The molecule has 6 nitrogen and oxygen atoms in total. The van der Waals surface area contributed by atoms with E-state index in [1.807, 2.05) is 19.1 Å². The van der Waals surface area contributed by atoms with Crippen LogP contribution < -0.4 is 10.9 Å². The van der Waals surface area contributed by atoms with E-state index in [1.165, 1.54) is 31.0 Å². The maximum absolute atomic E-state index is 13.4. The number of carbonyl (C=O) groups excluding carboxylic acids is 1. The summed E-state index contributed by atoms with van der Waals surface area (Å²) in [6.45, 7) is 7.63. The van der Waals surface area contributed by atoms with Crippen molar-refractivity contribution in [2.75, 3.05) is 18.4 Å². The zero-order chi connectivity index (χ0) is 23.8. The van der Waals surface area contributed by atoms with Gasteiger partial charge in [0, 0.05) is 19.3 Å². The van der Waals surface area contributed by atoms with E-state index in [0.717, 1.165) is 44.2 Å². The van der Waals surface area contributed by atoms with Gasteiger partial charge >= 0.3 is 0 Å². The number of hydrogen-bond donors (Lipinski definition) is 1. The lowest BCUT2D eigenvalue weighted by molar-refractivity contribution is -0.122. The molecule has 0 aliphatic carbocycles. The van der Waals surface area contributed by atoms with E-state index in [1.54, 1.807) is 21.6 Å². The minimum Gasteiger partial charge on any atom is -0.369 e. The van der Waals surface area contributed by atoms with Crippen LogP contribution in [0, 0.1) is 6.92 Å². The van der Waals surface area contributed by atoms with Gasteiger partial charge in [-0.2, -0.15) is 0 Å². The first-order valence-corrected chi connectivity index (χ1v) is 13.2. The average Bonchev–Trinajstić information content (AvgIpc) is 3.06. The summed E-state index contributed by atoms with van der Waals surface area (Å²) >= 11 is 6.75. The number of pyridine rings is 1. The van der Waals surface area contributed by atoms with Crippen molar-refractivity contribution in [2.45, 2.75) is 72.1 Å². The average molecular weight is 487 g/mol. The molecule has 1 amide bonds. The maximum atomic E-state index is 13.4. The van der Waals surface area contributed by atoms with Crippen LogP contribution in [0.4, 0.5) is 5.82 Å². The Morgan fingerprint density at radius 2 is 1.79 bits per heavy atom. The Kier molecular flexibility index (Phi) is 9.50. The van der Waals surface area contributed by atoms with Crippen LogP contribution in [0.2, 0.25) is 0 Å². The molecule has 0 atom stereocenters. The van der Waals surface area contributed by atoms with Crippen LogP contribution in [-0.4, -0.2) is 37.6 Å². The third-order valence-corrected chi connectivity index (χ3v) is 7.09. The molecule has 0 radical (unpaired) electrons. The van der Waals surface area contributed by atoms with Crippen LogP contribution in [0.15, 0.2) is 28.0 Å². The van der Waals surface area contributed by atoms with Crippen molar-refractivity contribution in [3.63, 3.8) is 0 Å². The van der Waals surface area contributed by atoms with E-state index in [0.29, 0.717) is 32.8 Å². The molecule has 3 rings (SSSR count). The molecule has 33 heavy (non-hydrogen) atoms. The number of rotatable bonds is 12. The van der Waals surface area contributed by atoms with Crippen LogP contribution in [0.1, 0.15) is 76.3 Å². The standard InChI is InChI=1S/C25H34N4O2S2/c1-4-6-8-9-11-15-28-24(31)20(33-25(28)32)16-19-22(26-14-10-7-5-2)27-21-13-12-18(3)17-29(21)23(19)30/h12-13,16-17,26H,4-11,14-15H2,1-3H3. The van der Waals surface area contributed by atoms with Gasteiger partial charge in [0.1, 0.15) is 15.8 Å². The number of thioether (sulfide) groups is 1. The number of unbranched alkanes of at least 4 members (excludes halogenated alkanes) is 6. The lowest BCUT2D eigenvalue weighted by Gasteiger charge is -2.14. The third-order valence-electron chi connectivity index (χ3n) is 5.71. The number of hydrogen-bond acceptors (Lipinski definition) is 6. The SMILES string of the molecule is CCCCCCCN1C(=O)C(=Cc2c(NCCCCC)nc3ccc(C)cn3c2=O)SC1=S. The summed E-state index contributed by atoms with van der Waals surface area (Å²) in [6, 6.07) is 3.78. The van der Waals surface area contributed by atoms with Crippen molar-refractivity contribution in [1.82, 2.24) is 14.3 Å². The summed E-state index contributed by atoms with van der Waals surface area (Å²) in [7, 11) is 0. The summed E-state index contributed by atoms with van der Waals surface area (Å²) in [5, 5.41) is 3.32. The van der Waals surface area contributed by atoms with Gasteiger partial charge in [-0.1, -0.05) is 82.4 Å². The Labute approximate surface area is 205 Å². The van der Waals surface area contributed by atoms with Crippen molar-refractivity contribution in [2.24, 2.45) is 0 Å². The Morgan fingerprint density at radius 1 is 1.06 bits per heavy atom. The molecule has 8 heteroatoms. The number of nitrogens with one attached hydrogen (secondary N) is 1. The Morgan fingerprint density at radius 3 is 2.55 bits per heavy atom. The molecule has 0 unspecified atom stereocenters. The maximum Gasteiger partial charge on any atom is 0.267 e. The van der Waals surface area contributed by atoms with Crippen LogP contribution in [0.25, 0.3) is 11.7 Å². The number of thiocarbonyl (C=S) groups is 1. The Bertz CT molecular complexity index is 1090. The predicted octanol–water partition coefficient (Wildman–Crippen LogP) is 5.78. The molecule has 1 fully saturated rings. The van der Waals surface area contributed by atoms with Gasteiger partial charge in [-0.3, -0.25) is 18.9 Å². The summed E-state index contributed by atoms with van der Waals surface area (Å²) < 4.78 is 2.11. The highest BCUT2D eigenvalue weighted by Gasteiger charge is 2.32. The first-order valence-electron chi connectivity index (χ1n) is 12.0. The molecular weight excluding hydrogens is 452 g/mol. The highest BCUT2D eigenvalue weighted by atomic mass is 32.2. The number of aromatic nitrogens is 2. The number of fused-ring (bicyclic) bond motifs is 1. The first kappa shape index (κ1) is 25.4. The topological polar surface area (TPSA) is 66.7 Å². The second kappa shape index (κ2) is 12.3. The molecule has 1 N–H and O–H groups in total. The predicted molar refractivity (Wildman–Crippen MR) is 143 cm³/mol. The van der Waals surface area contributed by atoms with Gasteiger partial charge in [-0.25, -0.2) is 4.98 Å². The zero-order valence-corrected chi connectivity index (χ0v) is 21.5. The smallest absolute Gasteiger partial charge is 0.267 e. The Balaban J connectivity index is 1.89. The van der Waals surface area contributed by atoms with Gasteiger partial charge in [0.2, 0.25) is 0 Å². The molecule has 0 aromatic carbocycles. The second-order valence-corrected chi connectivity index (χ2v) is 10.2. The lowest BCUT2D eigenvalue weighted by atomic mass is 10.1. The highest BCUT2D eigenvalue weighted by molar-refractivity contribution is 8.26. The van der Waals surface area contributed by atoms with Crippen LogP contribution >= 0.6 is 24.0 Å². The van der Waals surface area contributed by atoms with Crippen LogP contribution in [0.3, 0.4) is 0 Å². The number of anilines is 1. The molecule has 0 saturated carbocycles. The van der Waals surface area contributed by atoms with Crippen molar-refractivity contribution < 1.29 is 4.79 Å². The monoisotopic (exact) mass is 486 g/mol. The van der Waals surface area contributed by atoms with Crippen molar-refractivity contribution >= 4 is 51.7 Å². The van der Waals surface area contributed by atoms with Crippen molar-refractivity contribution in [1.29, 1.82) is 0 Å². The summed E-state index contributed by atoms with van der Waals surface area (Å²) in [4.78, 5) is 33.3. The number of carbonyl (C=O) groups is 1. The van der Waals surface area contributed by atoms with Gasteiger partial charge in [0.25, 0.3) is 11.5 Å². The van der Waals surface area contributed by atoms with E-state index >= 15 is 0 Å².